The normalized spacial score (nSPS) is 11.6. The minimum absolute atomic E-state index is 0.160. The van der Waals surface area contributed by atoms with Crippen molar-refractivity contribution in [1.82, 2.24) is 18.7 Å². The van der Waals surface area contributed by atoms with Crippen molar-refractivity contribution >= 4 is 34.4 Å². The van der Waals surface area contributed by atoms with Gasteiger partial charge in [-0.1, -0.05) is 45.4 Å². The van der Waals surface area contributed by atoms with Gasteiger partial charge in [0.15, 0.2) is 11.2 Å². The van der Waals surface area contributed by atoms with Crippen LogP contribution in [0.5, 0.6) is 0 Å². The summed E-state index contributed by atoms with van der Waals surface area (Å²) in [5.74, 6) is -0.0407. The van der Waals surface area contributed by atoms with Crippen molar-refractivity contribution in [3.05, 3.63) is 56.5 Å². The van der Waals surface area contributed by atoms with Crippen LogP contribution in [-0.4, -0.2) is 24.6 Å². The van der Waals surface area contributed by atoms with Gasteiger partial charge in [-0.15, -0.1) is 0 Å². The van der Waals surface area contributed by atoms with E-state index in [1.165, 1.54) is 4.57 Å². The number of nitrogens with one attached hydrogen (secondary N) is 1. The van der Waals surface area contributed by atoms with Crippen LogP contribution < -0.4 is 16.6 Å². The fourth-order valence-electron chi connectivity index (χ4n) is 3.35. The quantitative estimate of drug-likeness (QED) is 0.622. The lowest BCUT2D eigenvalue weighted by Gasteiger charge is -2.14. The van der Waals surface area contributed by atoms with E-state index in [1.807, 2.05) is 27.7 Å². The van der Waals surface area contributed by atoms with Crippen LogP contribution in [0.3, 0.4) is 0 Å². The summed E-state index contributed by atoms with van der Waals surface area (Å²) in [6, 6.07) is 6.68. The molecule has 1 amide bonds. The lowest BCUT2D eigenvalue weighted by Crippen LogP contribution is -2.43. The van der Waals surface area contributed by atoms with E-state index in [-0.39, 0.29) is 11.8 Å². The second-order valence-corrected chi connectivity index (χ2v) is 8.64. The summed E-state index contributed by atoms with van der Waals surface area (Å²) in [6.07, 6.45) is 1.58. The largest absolute Gasteiger partial charge is 0.333 e. The van der Waals surface area contributed by atoms with Crippen LogP contribution in [0.1, 0.15) is 27.7 Å². The molecule has 0 fully saturated rings. The van der Waals surface area contributed by atoms with Crippen LogP contribution in [0.2, 0.25) is 5.02 Å². The van der Waals surface area contributed by atoms with Gasteiger partial charge >= 0.3 is 5.69 Å². The predicted octanol–water partition coefficient (Wildman–Crippen LogP) is 2.96. The van der Waals surface area contributed by atoms with Crippen LogP contribution >= 0.6 is 11.6 Å². The van der Waals surface area contributed by atoms with Crippen molar-refractivity contribution in [2.24, 2.45) is 11.8 Å². The van der Waals surface area contributed by atoms with Gasteiger partial charge in [-0.3, -0.25) is 14.2 Å². The third-order valence-electron chi connectivity index (χ3n) is 4.50. The molecule has 160 valence electrons. The number of anilines is 1. The number of rotatable bonds is 7. The number of imidazole rings is 1. The second-order valence-electron chi connectivity index (χ2n) is 8.20. The third-order valence-corrected chi connectivity index (χ3v) is 4.74. The fourth-order valence-corrected chi connectivity index (χ4v) is 3.54. The highest BCUT2D eigenvalue weighted by molar-refractivity contribution is 6.30. The minimum Gasteiger partial charge on any atom is -0.324 e. The van der Waals surface area contributed by atoms with Crippen LogP contribution in [0.25, 0.3) is 11.2 Å². The maximum Gasteiger partial charge on any atom is 0.333 e. The number of hydrogen-bond acceptors (Lipinski definition) is 4. The van der Waals surface area contributed by atoms with E-state index >= 15 is 0 Å². The summed E-state index contributed by atoms with van der Waals surface area (Å²) in [5, 5.41) is 3.16. The summed E-state index contributed by atoms with van der Waals surface area (Å²) in [6.45, 7) is 8.60. The molecule has 0 spiro atoms. The third kappa shape index (κ3) is 4.64. The first-order valence-electron chi connectivity index (χ1n) is 9.91. The molecule has 3 aromatic rings. The second kappa shape index (κ2) is 8.87. The van der Waals surface area contributed by atoms with Crippen molar-refractivity contribution < 1.29 is 4.79 Å². The molecule has 8 nitrogen and oxygen atoms in total. The smallest absolute Gasteiger partial charge is 0.324 e. The molecule has 30 heavy (non-hydrogen) atoms. The van der Waals surface area contributed by atoms with E-state index in [0.717, 1.165) is 4.57 Å². The van der Waals surface area contributed by atoms with E-state index in [1.54, 1.807) is 35.2 Å². The Bertz CT molecular complexity index is 1190. The number of carbonyl (C=O) groups is 1. The Kier molecular flexibility index (Phi) is 6.45. The van der Waals surface area contributed by atoms with Crippen LogP contribution in [0.4, 0.5) is 5.69 Å². The zero-order chi connectivity index (χ0) is 22.0. The zero-order valence-electron chi connectivity index (χ0n) is 17.6. The molecule has 9 heteroatoms. The number of nitrogens with zero attached hydrogens (tertiary/aromatic N) is 4. The number of halogens is 1. The lowest BCUT2D eigenvalue weighted by molar-refractivity contribution is -0.116. The molecular formula is C21H26ClN5O3. The number of benzene rings is 1. The van der Waals surface area contributed by atoms with Crippen LogP contribution in [0, 0.1) is 11.8 Å². The Hall–Kier alpha value is -2.87. The minimum atomic E-state index is -0.544. The van der Waals surface area contributed by atoms with E-state index in [9.17, 15) is 14.4 Å². The molecule has 0 radical (unpaired) electrons. The average molecular weight is 432 g/mol. The van der Waals surface area contributed by atoms with Crippen molar-refractivity contribution in [3.63, 3.8) is 0 Å². The lowest BCUT2D eigenvalue weighted by atomic mass is 10.2. The number of fused-ring (bicyclic) bond motifs is 1. The average Bonchev–Trinajstić information content (AvgIpc) is 3.05. The molecule has 0 aliphatic heterocycles. The van der Waals surface area contributed by atoms with Gasteiger partial charge in [-0.25, -0.2) is 14.3 Å². The van der Waals surface area contributed by atoms with Crippen molar-refractivity contribution in [2.75, 3.05) is 5.32 Å². The molecule has 2 aromatic heterocycles. The zero-order valence-corrected chi connectivity index (χ0v) is 18.3. The van der Waals surface area contributed by atoms with Gasteiger partial charge in [-0.2, -0.15) is 0 Å². The van der Waals surface area contributed by atoms with Gasteiger partial charge in [0.05, 0.1) is 6.33 Å². The van der Waals surface area contributed by atoms with Crippen molar-refractivity contribution in [1.29, 1.82) is 0 Å². The Labute approximate surface area is 179 Å². The van der Waals surface area contributed by atoms with Gasteiger partial charge in [-0.05, 0) is 30.0 Å². The number of hydrogen-bond donors (Lipinski definition) is 1. The van der Waals surface area contributed by atoms with Crippen LogP contribution in [-0.2, 0) is 24.4 Å². The highest BCUT2D eigenvalue weighted by Crippen LogP contribution is 2.15. The Morgan fingerprint density at radius 1 is 1.10 bits per heavy atom. The first-order valence-corrected chi connectivity index (χ1v) is 10.3. The van der Waals surface area contributed by atoms with E-state index < -0.39 is 23.7 Å². The highest BCUT2D eigenvalue weighted by Gasteiger charge is 2.20. The number of aromatic nitrogens is 4. The summed E-state index contributed by atoms with van der Waals surface area (Å²) < 4.78 is 4.21. The predicted molar refractivity (Wildman–Crippen MR) is 118 cm³/mol. The summed E-state index contributed by atoms with van der Waals surface area (Å²) in [4.78, 5) is 43.2. The molecule has 0 aliphatic carbocycles. The molecule has 0 saturated carbocycles. The van der Waals surface area contributed by atoms with Gasteiger partial charge < -0.3 is 9.88 Å². The van der Waals surface area contributed by atoms with Gasteiger partial charge in [0, 0.05) is 23.8 Å². The van der Waals surface area contributed by atoms with Crippen molar-refractivity contribution in [2.45, 2.75) is 47.3 Å². The van der Waals surface area contributed by atoms with Gasteiger partial charge in [0.2, 0.25) is 5.91 Å². The first-order chi connectivity index (χ1) is 14.2. The number of amides is 1. The maximum atomic E-state index is 13.2. The van der Waals surface area contributed by atoms with Crippen LogP contribution in [0.15, 0.2) is 40.2 Å². The van der Waals surface area contributed by atoms with Gasteiger partial charge in [0.25, 0.3) is 5.56 Å². The monoisotopic (exact) mass is 431 g/mol. The molecule has 0 unspecified atom stereocenters. The first kappa shape index (κ1) is 21.8. The van der Waals surface area contributed by atoms with E-state index in [0.29, 0.717) is 35.0 Å². The molecule has 0 bridgehead atoms. The fraction of sp³-hybridized carbons (Fsp3) is 0.429. The Balaban J connectivity index is 2.07. The molecule has 1 N–H and O–H groups in total. The maximum absolute atomic E-state index is 13.2. The summed E-state index contributed by atoms with van der Waals surface area (Å²) in [7, 11) is 0. The molecule has 0 atom stereocenters. The topological polar surface area (TPSA) is 90.9 Å². The molecule has 3 rings (SSSR count). The standard InChI is InChI=1S/C21H26ClN5O3/c1-13(2)9-25-12-23-19-18(25)20(29)27(21(30)26(19)10-14(3)4)11-17(28)24-16-7-5-6-15(22)8-16/h5-8,12-14H,9-11H2,1-4H3,(H,24,28). The molecule has 0 aliphatic rings. The Morgan fingerprint density at radius 2 is 1.80 bits per heavy atom. The highest BCUT2D eigenvalue weighted by atomic mass is 35.5. The van der Waals surface area contributed by atoms with E-state index in [4.69, 9.17) is 11.6 Å². The molecule has 0 saturated heterocycles. The van der Waals surface area contributed by atoms with Gasteiger partial charge in [0.1, 0.15) is 6.54 Å². The summed E-state index contributed by atoms with van der Waals surface area (Å²) in [5.41, 5.74) is 0.117. The Morgan fingerprint density at radius 3 is 2.43 bits per heavy atom. The van der Waals surface area contributed by atoms with Crippen molar-refractivity contribution in [3.8, 4) is 0 Å². The summed E-state index contributed by atoms with van der Waals surface area (Å²) >= 11 is 5.95. The SMILES string of the molecule is CC(C)Cn1cnc2c1c(=O)n(CC(=O)Nc1cccc(Cl)c1)c(=O)n2CC(C)C. The number of carbonyl (C=O) groups excluding carboxylic acids is 1. The molecule has 2 heterocycles. The molecule has 1 aromatic carbocycles. The molecular weight excluding hydrogens is 406 g/mol. The van der Waals surface area contributed by atoms with E-state index in [2.05, 4.69) is 10.3 Å².